The van der Waals surface area contributed by atoms with Gasteiger partial charge < -0.3 is 9.80 Å². The Bertz CT molecular complexity index is 567. The highest BCUT2D eigenvalue weighted by Gasteiger charge is 2.26. The van der Waals surface area contributed by atoms with Gasteiger partial charge in [-0.3, -0.25) is 0 Å². The number of nitrogens with zero attached hydrogens (tertiary/aromatic N) is 2. The molecule has 2 nitrogen and oxygen atoms in total. The van der Waals surface area contributed by atoms with E-state index < -0.39 is 0 Å². The number of anilines is 1. The van der Waals surface area contributed by atoms with E-state index in [-0.39, 0.29) is 0 Å². The minimum Gasteiger partial charge on any atom is -0.356 e. The molecule has 0 aliphatic carbocycles. The van der Waals surface area contributed by atoms with Crippen LogP contribution in [0.5, 0.6) is 0 Å². The molecule has 1 aliphatic heterocycles. The van der Waals surface area contributed by atoms with Crippen LogP contribution in [0.15, 0.2) is 42.7 Å². The van der Waals surface area contributed by atoms with E-state index in [9.17, 15) is 0 Å². The fourth-order valence-electron chi connectivity index (χ4n) is 4.97. The Labute approximate surface area is 200 Å². The third-order valence-electron chi connectivity index (χ3n) is 7.01. The Morgan fingerprint density at radius 2 is 1.06 bits per heavy atom. The molecule has 0 saturated carbocycles. The molecule has 1 aliphatic rings. The van der Waals surface area contributed by atoms with Crippen molar-refractivity contribution in [3.8, 4) is 0 Å². The van der Waals surface area contributed by atoms with Crippen LogP contribution in [0, 0.1) is 0 Å². The number of unbranched alkanes of at least 4 members (excludes halogenated alkanes) is 15. The van der Waals surface area contributed by atoms with Crippen molar-refractivity contribution in [1.82, 2.24) is 4.90 Å². The Hall–Kier alpha value is -1.44. The van der Waals surface area contributed by atoms with Crippen molar-refractivity contribution in [2.75, 3.05) is 11.4 Å². The van der Waals surface area contributed by atoms with Crippen molar-refractivity contribution in [2.45, 2.75) is 136 Å². The van der Waals surface area contributed by atoms with E-state index in [0.717, 1.165) is 0 Å². The van der Waals surface area contributed by atoms with Crippen LogP contribution in [-0.2, 0) is 0 Å². The van der Waals surface area contributed by atoms with Crippen molar-refractivity contribution >= 4 is 5.69 Å². The van der Waals surface area contributed by atoms with Gasteiger partial charge >= 0.3 is 0 Å². The number of hydrogen-bond acceptors (Lipinski definition) is 2. The van der Waals surface area contributed by atoms with Gasteiger partial charge in [0.1, 0.15) is 6.17 Å². The molecule has 0 radical (unpaired) electrons. The van der Waals surface area contributed by atoms with Gasteiger partial charge in [0.15, 0.2) is 0 Å². The van der Waals surface area contributed by atoms with Crippen LogP contribution < -0.4 is 4.90 Å². The Morgan fingerprint density at radius 1 is 0.562 bits per heavy atom. The van der Waals surface area contributed by atoms with Gasteiger partial charge in [-0.1, -0.05) is 128 Å². The molecule has 1 aromatic carbocycles. The average molecular weight is 441 g/mol. The summed E-state index contributed by atoms with van der Waals surface area (Å²) in [6.45, 7) is 5.80. The Kier molecular flexibility index (Phi) is 15.1. The fourth-order valence-corrected chi connectivity index (χ4v) is 4.97. The summed E-state index contributed by atoms with van der Waals surface area (Å²) in [7, 11) is 0. The van der Waals surface area contributed by atoms with Crippen molar-refractivity contribution in [2.24, 2.45) is 0 Å². The Balaban J connectivity index is 1.64. The molecule has 0 N–H and O–H groups in total. The van der Waals surface area contributed by atoms with Gasteiger partial charge in [0, 0.05) is 24.6 Å². The van der Waals surface area contributed by atoms with Crippen molar-refractivity contribution in [1.29, 1.82) is 0 Å². The predicted octanol–water partition coefficient (Wildman–Crippen LogP) is 9.67. The molecule has 0 spiro atoms. The fraction of sp³-hybridized carbons (Fsp3) is 0.733. The molecule has 1 atom stereocenters. The highest BCUT2D eigenvalue weighted by molar-refractivity contribution is 5.51. The van der Waals surface area contributed by atoms with E-state index in [1.165, 1.54) is 128 Å². The summed E-state index contributed by atoms with van der Waals surface area (Å²) in [6, 6.07) is 11.0. The largest absolute Gasteiger partial charge is 0.356 e. The lowest BCUT2D eigenvalue weighted by Crippen LogP contribution is -2.39. The topological polar surface area (TPSA) is 6.48 Å². The lowest BCUT2D eigenvalue weighted by Gasteiger charge is -2.33. The van der Waals surface area contributed by atoms with Crippen LogP contribution in [0.4, 0.5) is 5.69 Å². The molecular formula is C30H52N2. The second-order valence-electron chi connectivity index (χ2n) is 9.85. The molecule has 2 rings (SSSR count). The zero-order chi connectivity index (χ0) is 22.7. The maximum atomic E-state index is 2.61. The summed E-state index contributed by atoms with van der Waals surface area (Å²) >= 11 is 0. The van der Waals surface area contributed by atoms with Crippen LogP contribution >= 0.6 is 0 Å². The van der Waals surface area contributed by atoms with Gasteiger partial charge in [0.2, 0.25) is 0 Å². The number of benzene rings is 1. The molecule has 0 fully saturated rings. The summed E-state index contributed by atoms with van der Waals surface area (Å²) in [5, 5.41) is 0. The maximum Gasteiger partial charge on any atom is 0.105 e. The second-order valence-corrected chi connectivity index (χ2v) is 9.85. The maximum absolute atomic E-state index is 2.61. The third-order valence-corrected chi connectivity index (χ3v) is 7.01. The second kappa shape index (κ2) is 18.0. The number of hydrogen-bond donors (Lipinski definition) is 0. The molecule has 182 valence electrons. The third kappa shape index (κ3) is 10.9. The van der Waals surface area contributed by atoms with E-state index >= 15 is 0 Å². The van der Waals surface area contributed by atoms with Gasteiger partial charge in [-0.25, -0.2) is 0 Å². The first-order chi connectivity index (χ1) is 15.9. The van der Waals surface area contributed by atoms with Gasteiger partial charge in [-0.05, 0) is 31.4 Å². The van der Waals surface area contributed by atoms with Crippen molar-refractivity contribution < 1.29 is 0 Å². The van der Waals surface area contributed by atoms with E-state index in [4.69, 9.17) is 0 Å². The lowest BCUT2D eigenvalue weighted by atomic mass is 10.0. The van der Waals surface area contributed by atoms with Gasteiger partial charge in [0.05, 0.1) is 0 Å². The minimum atomic E-state index is 0.506. The number of para-hydroxylation sites is 1. The van der Waals surface area contributed by atoms with Gasteiger partial charge in [-0.15, -0.1) is 0 Å². The molecule has 32 heavy (non-hydrogen) atoms. The van der Waals surface area contributed by atoms with Crippen LogP contribution in [0.1, 0.15) is 129 Å². The molecule has 0 aromatic heterocycles. The van der Waals surface area contributed by atoms with Crippen LogP contribution in [0.2, 0.25) is 0 Å². The summed E-state index contributed by atoms with van der Waals surface area (Å²) in [5.41, 5.74) is 1.33. The summed E-state index contributed by atoms with van der Waals surface area (Å²) in [4.78, 5) is 5.11. The van der Waals surface area contributed by atoms with Gasteiger partial charge in [-0.2, -0.15) is 0 Å². The monoisotopic (exact) mass is 440 g/mol. The quantitative estimate of drug-likeness (QED) is 0.186. The summed E-state index contributed by atoms with van der Waals surface area (Å²) < 4.78 is 0. The lowest BCUT2D eigenvalue weighted by molar-refractivity contribution is 0.273. The number of rotatable bonds is 20. The van der Waals surface area contributed by atoms with Gasteiger partial charge in [0.25, 0.3) is 0 Å². The molecule has 1 aromatic rings. The van der Waals surface area contributed by atoms with Crippen LogP contribution in [0.25, 0.3) is 0 Å². The molecular weight excluding hydrogens is 388 g/mol. The zero-order valence-corrected chi connectivity index (χ0v) is 21.4. The Morgan fingerprint density at radius 3 is 1.62 bits per heavy atom. The average Bonchev–Trinajstić information content (AvgIpc) is 3.23. The zero-order valence-electron chi connectivity index (χ0n) is 21.4. The molecule has 0 saturated heterocycles. The molecule has 0 bridgehead atoms. The van der Waals surface area contributed by atoms with Crippen molar-refractivity contribution in [3.05, 3.63) is 42.7 Å². The van der Waals surface area contributed by atoms with Crippen molar-refractivity contribution in [3.63, 3.8) is 0 Å². The molecule has 0 amide bonds. The van der Waals surface area contributed by atoms with Crippen LogP contribution in [0.3, 0.4) is 0 Å². The molecule has 2 heteroatoms. The van der Waals surface area contributed by atoms with E-state index in [0.29, 0.717) is 6.17 Å². The molecule has 1 heterocycles. The highest BCUT2D eigenvalue weighted by Crippen LogP contribution is 2.28. The van der Waals surface area contributed by atoms with Crippen LogP contribution in [-0.4, -0.2) is 17.6 Å². The van der Waals surface area contributed by atoms with E-state index in [1.54, 1.807) is 0 Å². The summed E-state index contributed by atoms with van der Waals surface area (Å²) in [5.74, 6) is 0. The van der Waals surface area contributed by atoms with E-state index in [1.807, 2.05) is 0 Å². The first-order valence-electron chi connectivity index (χ1n) is 14.1. The molecule has 1 unspecified atom stereocenters. The standard InChI is InChI=1S/C30H52N2/c1-3-5-7-9-10-11-12-13-14-15-16-21-25-30-31(26-22-17-8-6-4-2)27-28-32(30)29-23-19-18-20-24-29/h18-20,23-24,27-28,30H,3-17,21-22,25-26H2,1-2H3. The normalized spacial score (nSPS) is 15.8. The first-order valence-corrected chi connectivity index (χ1v) is 14.1. The first kappa shape index (κ1) is 26.8. The predicted molar refractivity (Wildman–Crippen MR) is 143 cm³/mol. The smallest absolute Gasteiger partial charge is 0.105 e. The highest BCUT2D eigenvalue weighted by atomic mass is 15.4. The minimum absolute atomic E-state index is 0.506. The SMILES string of the molecule is CCCCCCCCCCCCCCC1N(CCCCCCC)C=CN1c1ccccc1. The summed E-state index contributed by atoms with van der Waals surface area (Å²) in [6.07, 6.45) is 30.3. The van der Waals surface area contributed by atoms with E-state index in [2.05, 4.69) is 66.4 Å².